The third-order valence-electron chi connectivity index (χ3n) is 14.6. The Balaban J connectivity index is 2.03. The van der Waals surface area contributed by atoms with Gasteiger partial charge in [-0.05, 0) is 110 Å². The summed E-state index contributed by atoms with van der Waals surface area (Å²) in [6, 6.07) is 0.890. The number of carbonyl (C=O) groups excluding carboxylic acids is 11. The lowest BCUT2D eigenvalue weighted by molar-refractivity contribution is -0.141. The van der Waals surface area contributed by atoms with Crippen molar-refractivity contribution in [1.82, 2.24) is 36.9 Å². The van der Waals surface area contributed by atoms with Gasteiger partial charge in [-0.3, -0.25) is 52.7 Å². The summed E-state index contributed by atoms with van der Waals surface area (Å²) < 4.78 is 0. The van der Waals surface area contributed by atoms with E-state index in [9.17, 15) is 57.8 Å². The maximum absolute atomic E-state index is 14.5. The molecule has 21 heteroatoms. The minimum Gasteiger partial charge on any atom is -0.394 e. The molecule has 1 aliphatic heterocycles. The second-order valence-electron chi connectivity index (χ2n) is 22.1. The lowest BCUT2D eigenvalue weighted by Gasteiger charge is -2.33. The molecule has 432 valence electrons. The smallest absolute Gasteiger partial charge is 0.246 e. The average molecular weight is 1090 g/mol. The molecule has 78 heavy (non-hydrogen) atoms. The number of hydrogen-bond donors (Lipinski definition) is 10. The zero-order valence-corrected chi connectivity index (χ0v) is 47.0. The molecule has 0 saturated carbocycles. The number of hydrogen-bond acceptors (Lipinski definition) is 13. The highest BCUT2D eigenvalue weighted by Gasteiger charge is 2.41. The molecule has 21 nitrogen and oxygen atoms in total. The molecule has 7 amide bonds. The number of nitrogens with one attached hydrogen (secondary N) is 7. The summed E-state index contributed by atoms with van der Waals surface area (Å²) in [7, 11) is 0. The Morgan fingerprint density at radius 3 is 2.08 bits per heavy atom. The fraction of sp³-hybridized carbons (Fsp3) is 0.632. The Labute approximate surface area is 458 Å². The summed E-state index contributed by atoms with van der Waals surface area (Å²) in [5.41, 5.74) is 9.56. The van der Waals surface area contributed by atoms with Crippen molar-refractivity contribution in [1.29, 1.82) is 0 Å². The van der Waals surface area contributed by atoms with Gasteiger partial charge < -0.3 is 53.5 Å². The molecule has 0 bridgehead atoms. The number of Topliss-reactive ketones (excluding diaryl/α,β-unsaturated/α-hetero) is 4. The highest BCUT2D eigenvalue weighted by Crippen LogP contribution is 2.34. The van der Waals surface area contributed by atoms with Crippen molar-refractivity contribution in [2.75, 3.05) is 13.2 Å². The van der Waals surface area contributed by atoms with E-state index in [4.69, 9.17) is 11.5 Å². The molecule has 0 fully saturated rings. The van der Waals surface area contributed by atoms with E-state index >= 15 is 0 Å². The number of aromatic amines is 1. The number of primary amides is 2. The molecule has 3 rings (SSSR count). The first kappa shape index (κ1) is 65.7. The fourth-order valence-corrected chi connectivity index (χ4v) is 9.56. The van der Waals surface area contributed by atoms with Crippen molar-refractivity contribution in [3.05, 3.63) is 48.2 Å². The standard InChI is InChI=1S/C57H87N9O12/c1-34(2)22-23-39-31-61-44(24-25-47(58)70)49(72)48(71)36(4)62-52(75)40(28-41-32-60-43-21-17-16-20-42(41)43)29-46(69)56(7,30-35(3)68)26-18-14-12-10-9-11-13-15-19-27-57(8,66-53(39)76)55(78)65-45(33-67)54(77)64-38(6)51(74)63-37(5)50(59)73/h11,13,16-17,20-21,32,34,36-40,44-45,60-61,67H,9-10,12,14-15,18-19,22-31,33H2,1-8H3,(H2,58,70)(H2,59,73)(H,62,75)(H,63,74)(H,64,77)(H,65,78)(H,66,76)/b13-11-/t36?,37?,38-,39+,40+,44-,45?,56-,57-/m0/s1. The number of rotatable bonds is 18. The molecule has 1 aromatic heterocycles. The highest BCUT2D eigenvalue weighted by molar-refractivity contribution is 6.41. The number of aromatic nitrogens is 1. The minimum atomic E-state index is -1.70. The number of allylic oxidation sites excluding steroid dienone is 2. The Kier molecular flexibility index (Phi) is 26.7. The van der Waals surface area contributed by atoms with Crippen LogP contribution >= 0.6 is 0 Å². The van der Waals surface area contributed by atoms with Crippen LogP contribution in [0.3, 0.4) is 0 Å². The van der Waals surface area contributed by atoms with Gasteiger partial charge in [0, 0.05) is 54.2 Å². The number of H-pyrrole nitrogens is 1. The van der Waals surface area contributed by atoms with Gasteiger partial charge in [0.15, 0.2) is 0 Å². The van der Waals surface area contributed by atoms with Crippen LogP contribution in [0.25, 0.3) is 10.9 Å². The van der Waals surface area contributed by atoms with Crippen LogP contribution in [0.15, 0.2) is 42.6 Å². The molecule has 0 spiro atoms. The number of fused-ring (bicyclic) bond motifs is 1. The molecule has 9 atom stereocenters. The normalized spacial score (nSPS) is 24.9. The van der Waals surface area contributed by atoms with Gasteiger partial charge in [0.1, 0.15) is 35.2 Å². The first-order valence-corrected chi connectivity index (χ1v) is 27.5. The molecular formula is C57H87N9O12. The van der Waals surface area contributed by atoms with Crippen LogP contribution in [-0.2, 0) is 59.2 Å². The quantitative estimate of drug-likeness (QED) is 0.0759. The van der Waals surface area contributed by atoms with Crippen molar-refractivity contribution in [3.63, 3.8) is 0 Å². The first-order valence-electron chi connectivity index (χ1n) is 27.5. The predicted octanol–water partition coefficient (Wildman–Crippen LogP) is 3.12. The summed E-state index contributed by atoms with van der Waals surface area (Å²) in [4.78, 5) is 152. The Morgan fingerprint density at radius 1 is 0.782 bits per heavy atom. The maximum atomic E-state index is 14.5. The van der Waals surface area contributed by atoms with Gasteiger partial charge >= 0.3 is 0 Å². The molecule has 1 aliphatic rings. The predicted molar refractivity (Wildman–Crippen MR) is 295 cm³/mol. The van der Waals surface area contributed by atoms with Gasteiger partial charge in [-0.1, -0.05) is 76.8 Å². The van der Waals surface area contributed by atoms with E-state index in [0.717, 1.165) is 42.1 Å². The lowest BCUT2D eigenvalue weighted by Crippen LogP contribution is -2.63. The summed E-state index contributed by atoms with van der Waals surface area (Å²) in [5.74, 6) is -9.63. The van der Waals surface area contributed by atoms with Gasteiger partial charge in [-0.2, -0.15) is 0 Å². The van der Waals surface area contributed by atoms with E-state index in [2.05, 4.69) is 36.9 Å². The van der Waals surface area contributed by atoms with Gasteiger partial charge in [0.25, 0.3) is 0 Å². The molecule has 12 N–H and O–H groups in total. The number of benzene rings is 1. The third-order valence-corrected chi connectivity index (χ3v) is 14.6. The Bertz CT molecular complexity index is 2470. The van der Waals surface area contributed by atoms with E-state index in [1.807, 2.05) is 50.3 Å². The van der Waals surface area contributed by atoms with Crippen LogP contribution in [0.1, 0.15) is 157 Å². The average Bonchev–Trinajstić information content (AvgIpc) is 3.78. The molecule has 0 saturated heterocycles. The summed E-state index contributed by atoms with van der Waals surface area (Å²) in [6.45, 7) is 11.5. The van der Waals surface area contributed by atoms with Gasteiger partial charge in [-0.25, -0.2) is 0 Å². The lowest BCUT2D eigenvalue weighted by atomic mass is 9.73. The zero-order valence-electron chi connectivity index (χ0n) is 47.0. The molecule has 2 aromatic rings. The summed E-state index contributed by atoms with van der Waals surface area (Å²) in [6.07, 6.45) is 11.0. The van der Waals surface area contributed by atoms with E-state index in [1.54, 1.807) is 13.1 Å². The van der Waals surface area contributed by atoms with Crippen LogP contribution in [0, 0.1) is 23.2 Å². The third kappa shape index (κ3) is 21.0. The number of carbonyl (C=O) groups is 11. The van der Waals surface area contributed by atoms with Crippen molar-refractivity contribution >= 4 is 75.4 Å². The Morgan fingerprint density at radius 2 is 1.44 bits per heavy atom. The van der Waals surface area contributed by atoms with Crippen molar-refractivity contribution in [2.24, 2.45) is 34.6 Å². The highest BCUT2D eigenvalue weighted by atomic mass is 16.3. The largest absolute Gasteiger partial charge is 0.394 e. The molecule has 0 aliphatic carbocycles. The zero-order chi connectivity index (χ0) is 58.3. The number of ketones is 4. The Hall–Kier alpha value is -6.61. The topological polar surface area (TPSA) is 348 Å². The first-order chi connectivity index (χ1) is 36.7. The summed E-state index contributed by atoms with van der Waals surface area (Å²) in [5, 5.41) is 27.0. The van der Waals surface area contributed by atoms with Gasteiger partial charge in [0.05, 0.1) is 24.6 Å². The van der Waals surface area contributed by atoms with Crippen molar-refractivity contribution in [3.8, 4) is 0 Å². The number of nitrogens with two attached hydrogens (primary N) is 2. The van der Waals surface area contributed by atoms with Crippen LogP contribution in [0.2, 0.25) is 0 Å². The van der Waals surface area contributed by atoms with E-state index < -0.39 is 113 Å². The second-order valence-corrected chi connectivity index (χ2v) is 22.1. The molecule has 1 aromatic carbocycles. The van der Waals surface area contributed by atoms with Gasteiger partial charge in [0.2, 0.25) is 52.9 Å². The molecular weight excluding hydrogens is 1000 g/mol. The second kappa shape index (κ2) is 31.7. The number of aliphatic hydroxyl groups excluding tert-OH is 1. The maximum Gasteiger partial charge on any atom is 0.246 e. The molecule has 2 heterocycles. The van der Waals surface area contributed by atoms with E-state index in [1.165, 1.54) is 34.6 Å². The number of para-hydroxylation sites is 1. The van der Waals surface area contributed by atoms with E-state index in [0.29, 0.717) is 32.1 Å². The van der Waals surface area contributed by atoms with Gasteiger partial charge in [-0.15, -0.1) is 0 Å². The van der Waals surface area contributed by atoms with Crippen molar-refractivity contribution in [2.45, 2.75) is 194 Å². The molecule has 3 unspecified atom stereocenters. The number of amides is 7. The summed E-state index contributed by atoms with van der Waals surface area (Å²) >= 11 is 0. The fourth-order valence-electron chi connectivity index (χ4n) is 9.56. The van der Waals surface area contributed by atoms with Crippen LogP contribution in [-0.4, -0.2) is 123 Å². The number of aliphatic hydroxyl groups is 1. The van der Waals surface area contributed by atoms with Crippen molar-refractivity contribution < 1.29 is 57.8 Å². The SMILES string of the molecule is CC(=O)C[C@]1(C)CCCCCC/C=C\CCC[C@@](C)(C(=O)NC(CO)C(=O)N[C@@H](C)C(=O)NC(C)C(N)=O)NC(=O)[C@H](CCC(C)C)CN[C@@H](CCC(N)=O)C(=O)C(=O)C(C)NC(=O)[C@H](Cc2c[nH]c3ccccc23)CC1=O. The van der Waals surface area contributed by atoms with Crippen LogP contribution in [0.4, 0.5) is 0 Å². The van der Waals surface area contributed by atoms with E-state index in [-0.39, 0.29) is 69.0 Å². The molecule has 0 radical (unpaired) electrons. The van der Waals surface area contributed by atoms with Crippen LogP contribution < -0.4 is 43.4 Å². The minimum absolute atomic E-state index is 0.0177. The monoisotopic (exact) mass is 1090 g/mol. The van der Waals surface area contributed by atoms with Crippen LogP contribution in [0.5, 0.6) is 0 Å².